The van der Waals surface area contributed by atoms with Crippen LogP contribution < -0.4 is 4.74 Å². The van der Waals surface area contributed by atoms with Gasteiger partial charge in [0.25, 0.3) is 0 Å². The zero-order valence-corrected chi connectivity index (χ0v) is 18.7. The third-order valence-corrected chi connectivity index (χ3v) is 7.65. The molecule has 2 heterocycles. The SMILES string of the molecule is COc1ccc(-c2ccc(S(C)(=O)=O)cc2)cc1C1CCN(C2CCOCC2)CC1. The summed E-state index contributed by atoms with van der Waals surface area (Å²) in [5.74, 6) is 1.42. The van der Waals surface area contributed by atoms with Gasteiger partial charge in [-0.3, -0.25) is 0 Å². The molecule has 2 aliphatic heterocycles. The summed E-state index contributed by atoms with van der Waals surface area (Å²) in [6, 6.07) is 14.1. The first-order chi connectivity index (χ1) is 14.5. The molecule has 0 bridgehead atoms. The third-order valence-electron chi connectivity index (χ3n) is 6.52. The molecule has 0 atom stereocenters. The topological polar surface area (TPSA) is 55.8 Å². The van der Waals surface area contributed by atoms with Gasteiger partial charge in [-0.2, -0.15) is 0 Å². The average Bonchev–Trinajstić information content (AvgIpc) is 2.79. The summed E-state index contributed by atoms with van der Waals surface area (Å²) in [6.45, 7) is 4.01. The molecule has 0 aliphatic carbocycles. The highest BCUT2D eigenvalue weighted by atomic mass is 32.2. The van der Waals surface area contributed by atoms with Crippen molar-refractivity contribution in [2.45, 2.75) is 42.5 Å². The Hall–Kier alpha value is -1.89. The van der Waals surface area contributed by atoms with E-state index in [1.807, 2.05) is 18.2 Å². The van der Waals surface area contributed by atoms with Gasteiger partial charge in [-0.05, 0) is 85.6 Å². The smallest absolute Gasteiger partial charge is 0.175 e. The van der Waals surface area contributed by atoms with Crippen molar-refractivity contribution < 1.29 is 17.9 Å². The van der Waals surface area contributed by atoms with Gasteiger partial charge >= 0.3 is 0 Å². The minimum absolute atomic E-state index is 0.348. The minimum Gasteiger partial charge on any atom is -0.496 e. The fraction of sp³-hybridized carbons (Fsp3) is 0.500. The van der Waals surface area contributed by atoms with Crippen LogP contribution in [-0.2, 0) is 14.6 Å². The van der Waals surface area contributed by atoms with Crippen molar-refractivity contribution in [3.8, 4) is 16.9 Å². The molecular formula is C24H31NO4S. The second-order valence-electron chi connectivity index (χ2n) is 8.41. The van der Waals surface area contributed by atoms with Gasteiger partial charge in [0.1, 0.15) is 5.75 Å². The van der Waals surface area contributed by atoms with Crippen LogP contribution >= 0.6 is 0 Å². The number of ether oxygens (including phenoxy) is 2. The van der Waals surface area contributed by atoms with E-state index in [0.29, 0.717) is 16.9 Å². The molecule has 2 fully saturated rings. The summed E-state index contributed by atoms with van der Waals surface area (Å²) >= 11 is 0. The van der Waals surface area contributed by atoms with Gasteiger partial charge < -0.3 is 14.4 Å². The van der Waals surface area contributed by atoms with Crippen LogP contribution in [0.25, 0.3) is 11.1 Å². The Morgan fingerprint density at radius 2 is 1.57 bits per heavy atom. The first-order valence-corrected chi connectivity index (χ1v) is 12.6. The molecule has 0 aromatic heterocycles. The summed E-state index contributed by atoms with van der Waals surface area (Å²) in [4.78, 5) is 2.99. The van der Waals surface area contributed by atoms with E-state index < -0.39 is 9.84 Å². The van der Waals surface area contributed by atoms with Crippen molar-refractivity contribution in [2.75, 3.05) is 39.7 Å². The second-order valence-corrected chi connectivity index (χ2v) is 10.4. The average molecular weight is 430 g/mol. The van der Waals surface area contributed by atoms with Crippen LogP contribution in [0.4, 0.5) is 0 Å². The van der Waals surface area contributed by atoms with E-state index in [4.69, 9.17) is 9.47 Å². The van der Waals surface area contributed by atoms with Crippen molar-refractivity contribution in [2.24, 2.45) is 0 Å². The number of likely N-dealkylation sites (tertiary alicyclic amines) is 1. The molecule has 0 spiro atoms. The van der Waals surface area contributed by atoms with E-state index in [1.165, 1.54) is 11.8 Å². The maximum atomic E-state index is 11.7. The number of nitrogens with zero attached hydrogens (tertiary/aromatic N) is 1. The molecular weight excluding hydrogens is 398 g/mol. The van der Waals surface area contributed by atoms with Crippen LogP contribution in [0.15, 0.2) is 47.4 Å². The molecule has 0 radical (unpaired) electrons. The highest BCUT2D eigenvalue weighted by molar-refractivity contribution is 7.90. The van der Waals surface area contributed by atoms with Crippen LogP contribution in [0.5, 0.6) is 5.75 Å². The van der Waals surface area contributed by atoms with Crippen LogP contribution in [0.2, 0.25) is 0 Å². The van der Waals surface area contributed by atoms with E-state index in [9.17, 15) is 8.42 Å². The molecule has 2 aromatic rings. The Balaban J connectivity index is 1.52. The Bertz CT molecular complexity index is 957. The molecule has 4 rings (SSSR count). The quantitative estimate of drug-likeness (QED) is 0.716. The Kier molecular flexibility index (Phi) is 6.46. The molecule has 2 saturated heterocycles. The molecule has 162 valence electrons. The first kappa shape index (κ1) is 21.3. The molecule has 0 N–H and O–H groups in total. The van der Waals surface area contributed by atoms with Gasteiger partial charge in [0, 0.05) is 25.5 Å². The van der Waals surface area contributed by atoms with Gasteiger partial charge in [-0.1, -0.05) is 18.2 Å². The number of hydrogen-bond acceptors (Lipinski definition) is 5. The van der Waals surface area contributed by atoms with E-state index >= 15 is 0 Å². The minimum atomic E-state index is -3.18. The van der Waals surface area contributed by atoms with Gasteiger partial charge in [-0.15, -0.1) is 0 Å². The standard InChI is InChI=1S/C24H31NO4S/c1-28-24-8-5-20(18-3-6-22(7-4-18)30(2,26)27)17-23(24)19-9-13-25(14-10-19)21-11-15-29-16-12-21/h3-8,17,19,21H,9-16H2,1-2H3. The van der Waals surface area contributed by atoms with Crippen molar-refractivity contribution >= 4 is 9.84 Å². The number of rotatable bonds is 5. The van der Waals surface area contributed by atoms with Gasteiger partial charge in [0.15, 0.2) is 9.84 Å². The maximum absolute atomic E-state index is 11.7. The van der Waals surface area contributed by atoms with Crippen molar-refractivity contribution in [3.63, 3.8) is 0 Å². The van der Waals surface area contributed by atoms with Gasteiger partial charge in [0.2, 0.25) is 0 Å². The molecule has 2 aromatic carbocycles. The van der Waals surface area contributed by atoms with Crippen molar-refractivity contribution in [3.05, 3.63) is 48.0 Å². The van der Waals surface area contributed by atoms with Gasteiger partial charge in [-0.25, -0.2) is 8.42 Å². The highest BCUT2D eigenvalue weighted by Crippen LogP contribution is 2.38. The normalized spacial score (nSPS) is 19.7. The molecule has 0 saturated carbocycles. The van der Waals surface area contributed by atoms with Crippen LogP contribution in [0.1, 0.15) is 37.2 Å². The lowest BCUT2D eigenvalue weighted by Gasteiger charge is -2.39. The largest absolute Gasteiger partial charge is 0.496 e. The second kappa shape index (κ2) is 9.08. The summed E-state index contributed by atoms with van der Waals surface area (Å²) < 4.78 is 34.7. The Morgan fingerprint density at radius 3 is 2.17 bits per heavy atom. The predicted octanol–water partition coefficient (Wildman–Crippen LogP) is 4.12. The Morgan fingerprint density at radius 1 is 0.933 bits per heavy atom. The zero-order chi connectivity index (χ0) is 21.1. The molecule has 0 unspecified atom stereocenters. The van der Waals surface area contributed by atoms with E-state index in [2.05, 4.69) is 17.0 Å². The number of hydrogen-bond donors (Lipinski definition) is 0. The fourth-order valence-corrected chi connectivity index (χ4v) is 5.38. The fourth-order valence-electron chi connectivity index (χ4n) is 4.75. The molecule has 2 aliphatic rings. The third kappa shape index (κ3) is 4.71. The summed E-state index contributed by atoms with van der Waals surface area (Å²) in [5.41, 5.74) is 3.37. The van der Waals surface area contributed by atoms with Crippen LogP contribution in [0.3, 0.4) is 0 Å². The Labute approximate surface area is 179 Å². The summed E-state index contributed by atoms with van der Waals surface area (Å²) in [6.07, 6.45) is 5.79. The lowest BCUT2D eigenvalue weighted by atomic mass is 9.86. The zero-order valence-electron chi connectivity index (χ0n) is 17.8. The number of methoxy groups -OCH3 is 1. The monoisotopic (exact) mass is 429 g/mol. The summed E-state index contributed by atoms with van der Waals surface area (Å²) in [7, 11) is -1.45. The molecule has 6 heteroatoms. The number of piperidine rings is 1. The summed E-state index contributed by atoms with van der Waals surface area (Å²) in [5, 5.41) is 0. The maximum Gasteiger partial charge on any atom is 0.175 e. The molecule has 5 nitrogen and oxygen atoms in total. The van der Waals surface area contributed by atoms with E-state index in [1.54, 1.807) is 19.2 Å². The highest BCUT2D eigenvalue weighted by Gasteiger charge is 2.28. The van der Waals surface area contributed by atoms with Gasteiger partial charge in [0.05, 0.1) is 12.0 Å². The number of sulfone groups is 1. The first-order valence-electron chi connectivity index (χ1n) is 10.8. The van der Waals surface area contributed by atoms with Crippen LogP contribution in [-0.4, -0.2) is 59.0 Å². The lowest BCUT2D eigenvalue weighted by molar-refractivity contribution is 0.0251. The van der Waals surface area contributed by atoms with E-state index in [0.717, 1.165) is 68.9 Å². The van der Waals surface area contributed by atoms with Crippen molar-refractivity contribution in [1.82, 2.24) is 4.90 Å². The molecule has 30 heavy (non-hydrogen) atoms. The predicted molar refractivity (Wildman–Crippen MR) is 119 cm³/mol. The lowest BCUT2D eigenvalue weighted by Crippen LogP contribution is -2.43. The number of benzene rings is 2. The van der Waals surface area contributed by atoms with Crippen LogP contribution in [0, 0.1) is 0 Å². The van der Waals surface area contributed by atoms with E-state index in [-0.39, 0.29) is 0 Å². The molecule has 0 amide bonds. The van der Waals surface area contributed by atoms with Crippen molar-refractivity contribution in [1.29, 1.82) is 0 Å².